The van der Waals surface area contributed by atoms with Crippen LogP contribution >= 0.6 is 0 Å². The van der Waals surface area contributed by atoms with Crippen LogP contribution in [0.2, 0.25) is 0 Å². The van der Waals surface area contributed by atoms with E-state index in [-0.39, 0.29) is 0 Å². The van der Waals surface area contributed by atoms with Gasteiger partial charge in [0.15, 0.2) is 0 Å². The highest BCUT2D eigenvalue weighted by molar-refractivity contribution is 5.73. The number of carboxylic acids is 1. The van der Waals surface area contributed by atoms with E-state index >= 15 is 0 Å². The number of hydrogen-bond acceptors (Lipinski definition) is 2. The van der Waals surface area contributed by atoms with Gasteiger partial charge in [-0.1, -0.05) is 36.9 Å². The van der Waals surface area contributed by atoms with Gasteiger partial charge >= 0.3 is 5.97 Å². The van der Waals surface area contributed by atoms with Gasteiger partial charge in [0.2, 0.25) is 0 Å². The van der Waals surface area contributed by atoms with Crippen LogP contribution in [0.25, 0.3) is 6.08 Å². The van der Waals surface area contributed by atoms with Crippen molar-refractivity contribution >= 4 is 12.0 Å². The van der Waals surface area contributed by atoms with Gasteiger partial charge in [0.1, 0.15) is 6.04 Å². The maximum Gasteiger partial charge on any atom is 0.320 e. The molecule has 0 aliphatic heterocycles. The zero-order valence-electron chi connectivity index (χ0n) is 7.81. The summed E-state index contributed by atoms with van der Waals surface area (Å²) in [5.74, 6) is -0.978. The number of nitrogens with two attached hydrogens (primary N) is 1. The van der Waals surface area contributed by atoms with Crippen molar-refractivity contribution < 1.29 is 9.90 Å². The number of carbonyl (C=O) groups is 1. The standard InChI is InChI=1S/C11H13NO2/c1-2-8-4-3-5-9(6-8)7-10(12)11(13)14/h2-6,10H,1,7,12H2,(H,13,14)/t10-/m0/s1. The molecule has 74 valence electrons. The lowest BCUT2D eigenvalue weighted by Crippen LogP contribution is -2.32. The molecule has 0 spiro atoms. The summed E-state index contributed by atoms with van der Waals surface area (Å²) in [7, 11) is 0. The van der Waals surface area contributed by atoms with Crippen LogP contribution in [0.5, 0.6) is 0 Å². The van der Waals surface area contributed by atoms with Gasteiger partial charge in [-0.3, -0.25) is 4.79 Å². The Morgan fingerprint density at radius 2 is 2.36 bits per heavy atom. The Hall–Kier alpha value is -1.61. The largest absolute Gasteiger partial charge is 0.480 e. The minimum absolute atomic E-state index is 0.344. The van der Waals surface area contributed by atoms with Crippen molar-refractivity contribution in [2.75, 3.05) is 0 Å². The first-order chi connectivity index (χ1) is 6.63. The number of rotatable bonds is 4. The summed E-state index contributed by atoms with van der Waals surface area (Å²) in [6.07, 6.45) is 2.06. The van der Waals surface area contributed by atoms with E-state index in [9.17, 15) is 4.79 Å². The smallest absolute Gasteiger partial charge is 0.320 e. The van der Waals surface area contributed by atoms with Crippen LogP contribution in [-0.4, -0.2) is 17.1 Å². The lowest BCUT2D eigenvalue weighted by atomic mass is 10.0. The molecule has 1 rings (SSSR count). The summed E-state index contributed by atoms with van der Waals surface area (Å²) in [5, 5.41) is 8.62. The molecule has 3 heteroatoms. The molecule has 0 amide bonds. The molecule has 14 heavy (non-hydrogen) atoms. The van der Waals surface area contributed by atoms with Crippen molar-refractivity contribution in [3.63, 3.8) is 0 Å². The highest BCUT2D eigenvalue weighted by Gasteiger charge is 2.11. The van der Waals surface area contributed by atoms with Crippen molar-refractivity contribution in [3.05, 3.63) is 42.0 Å². The Bertz CT molecular complexity index is 347. The monoisotopic (exact) mass is 191 g/mol. The minimum Gasteiger partial charge on any atom is -0.480 e. The lowest BCUT2D eigenvalue weighted by molar-refractivity contribution is -0.138. The average molecular weight is 191 g/mol. The number of benzene rings is 1. The summed E-state index contributed by atoms with van der Waals surface area (Å²) in [5.41, 5.74) is 7.30. The van der Waals surface area contributed by atoms with Crippen molar-refractivity contribution in [3.8, 4) is 0 Å². The van der Waals surface area contributed by atoms with Crippen LogP contribution in [0, 0.1) is 0 Å². The number of carboxylic acid groups (broad SMARTS) is 1. The van der Waals surface area contributed by atoms with Gasteiger partial charge in [-0.25, -0.2) is 0 Å². The number of aliphatic carboxylic acids is 1. The molecular weight excluding hydrogens is 178 g/mol. The predicted octanol–water partition coefficient (Wildman–Crippen LogP) is 1.28. The second-order valence-electron chi connectivity index (χ2n) is 3.10. The van der Waals surface area contributed by atoms with E-state index < -0.39 is 12.0 Å². The van der Waals surface area contributed by atoms with Crippen LogP contribution in [0.15, 0.2) is 30.8 Å². The fourth-order valence-electron chi connectivity index (χ4n) is 1.19. The molecule has 0 fully saturated rings. The van der Waals surface area contributed by atoms with Gasteiger partial charge in [0, 0.05) is 0 Å². The van der Waals surface area contributed by atoms with Gasteiger partial charge in [0.05, 0.1) is 0 Å². The zero-order chi connectivity index (χ0) is 10.6. The summed E-state index contributed by atoms with van der Waals surface area (Å²) in [4.78, 5) is 10.5. The second-order valence-corrected chi connectivity index (χ2v) is 3.10. The third kappa shape index (κ3) is 2.71. The maximum absolute atomic E-state index is 10.5. The summed E-state index contributed by atoms with van der Waals surface area (Å²) >= 11 is 0. The van der Waals surface area contributed by atoms with Gasteiger partial charge in [-0.05, 0) is 17.5 Å². The van der Waals surface area contributed by atoms with Crippen molar-refractivity contribution in [2.45, 2.75) is 12.5 Å². The van der Waals surface area contributed by atoms with Crippen LogP contribution in [0.4, 0.5) is 0 Å². The van der Waals surface area contributed by atoms with Crippen LogP contribution in [-0.2, 0) is 11.2 Å². The first kappa shape index (κ1) is 10.5. The SMILES string of the molecule is C=Cc1cccc(C[C@H](N)C(=O)O)c1. The highest BCUT2D eigenvalue weighted by Crippen LogP contribution is 2.08. The van der Waals surface area contributed by atoms with Gasteiger partial charge in [0.25, 0.3) is 0 Å². The molecule has 0 saturated heterocycles. The first-order valence-corrected chi connectivity index (χ1v) is 4.33. The molecule has 0 saturated carbocycles. The quantitative estimate of drug-likeness (QED) is 0.753. The third-order valence-electron chi connectivity index (χ3n) is 1.96. The molecule has 1 aromatic rings. The molecule has 0 bridgehead atoms. The van der Waals surface area contributed by atoms with E-state index in [0.29, 0.717) is 6.42 Å². The van der Waals surface area contributed by atoms with E-state index in [1.165, 1.54) is 0 Å². The van der Waals surface area contributed by atoms with Gasteiger partial charge < -0.3 is 10.8 Å². The van der Waals surface area contributed by atoms with E-state index in [1.54, 1.807) is 6.08 Å². The summed E-state index contributed by atoms with van der Waals surface area (Å²) in [6.45, 7) is 3.64. The predicted molar refractivity (Wildman–Crippen MR) is 55.8 cm³/mol. The maximum atomic E-state index is 10.5. The molecule has 1 atom stereocenters. The summed E-state index contributed by atoms with van der Waals surface area (Å²) < 4.78 is 0. The molecule has 3 N–H and O–H groups in total. The van der Waals surface area contributed by atoms with Crippen LogP contribution < -0.4 is 5.73 Å². The van der Waals surface area contributed by atoms with E-state index in [1.807, 2.05) is 24.3 Å². The average Bonchev–Trinajstić information content (AvgIpc) is 2.18. The second kappa shape index (κ2) is 4.58. The fraction of sp³-hybridized carbons (Fsp3) is 0.182. The molecule has 1 aromatic carbocycles. The minimum atomic E-state index is -0.978. The Kier molecular flexibility index (Phi) is 3.42. The Labute approximate surface area is 82.9 Å². The molecule has 0 aliphatic carbocycles. The molecule has 0 aromatic heterocycles. The Morgan fingerprint density at radius 1 is 1.64 bits per heavy atom. The van der Waals surface area contributed by atoms with E-state index in [0.717, 1.165) is 11.1 Å². The van der Waals surface area contributed by atoms with Crippen LogP contribution in [0.3, 0.4) is 0 Å². The van der Waals surface area contributed by atoms with Gasteiger partial charge in [-0.2, -0.15) is 0 Å². The number of hydrogen-bond donors (Lipinski definition) is 2. The molecule has 0 unspecified atom stereocenters. The zero-order valence-corrected chi connectivity index (χ0v) is 7.81. The first-order valence-electron chi connectivity index (χ1n) is 4.33. The lowest BCUT2D eigenvalue weighted by Gasteiger charge is -2.06. The Morgan fingerprint density at radius 3 is 2.93 bits per heavy atom. The summed E-state index contributed by atoms with van der Waals surface area (Å²) in [6, 6.07) is 6.67. The topological polar surface area (TPSA) is 63.3 Å². The Balaban J connectivity index is 2.76. The third-order valence-corrected chi connectivity index (χ3v) is 1.96. The fourth-order valence-corrected chi connectivity index (χ4v) is 1.19. The van der Waals surface area contributed by atoms with Crippen molar-refractivity contribution in [2.24, 2.45) is 5.73 Å². The van der Waals surface area contributed by atoms with Crippen molar-refractivity contribution in [1.29, 1.82) is 0 Å². The highest BCUT2D eigenvalue weighted by atomic mass is 16.4. The molecule has 0 radical (unpaired) electrons. The molecule has 0 heterocycles. The molecule has 0 aliphatic rings. The molecular formula is C11H13NO2. The van der Waals surface area contributed by atoms with E-state index in [4.69, 9.17) is 10.8 Å². The van der Waals surface area contributed by atoms with Gasteiger partial charge in [-0.15, -0.1) is 0 Å². The van der Waals surface area contributed by atoms with Crippen molar-refractivity contribution in [1.82, 2.24) is 0 Å². The van der Waals surface area contributed by atoms with Crippen LogP contribution in [0.1, 0.15) is 11.1 Å². The van der Waals surface area contributed by atoms with E-state index in [2.05, 4.69) is 6.58 Å². The molecule has 3 nitrogen and oxygen atoms in total. The normalized spacial score (nSPS) is 12.1.